The van der Waals surface area contributed by atoms with Crippen molar-refractivity contribution in [3.05, 3.63) is 23.8 Å². The highest BCUT2D eigenvalue weighted by Gasteiger charge is 2.21. The quantitative estimate of drug-likeness (QED) is 0.821. The van der Waals surface area contributed by atoms with E-state index in [2.05, 4.69) is 10.2 Å². The number of carbonyl (C=O) groups excluding carboxylic acids is 1. The maximum Gasteiger partial charge on any atom is 0.238 e. The van der Waals surface area contributed by atoms with Gasteiger partial charge in [0.2, 0.25) is 5.91 Å². The van der Waals surface area contributed by atoms with Gasteiger partial charge < -0.3 is 15.8 Å². The molecule has 1 aliphatic rings. The maximum absolute atomic E-state index is 12.1. The molecule has 1 aromatic rings. The van der Waals surface area contributed by atoms with Gasteiger partial charge in [-0.3, -0.25) is 9.69 Å². The first-order valence-electron chi connectivity index (χ1n) is 7.00. The zero-order valence-electron chi connectivity index (χ0n) is 12.2. The molecular weight excluding hydrogens is 254 g/mol. The summed E-state index contributed by atoms with van der Waals surface area (Å²) in [4.78, 5) is 14.2. The summed E-state index contributed by atoms with van der Waals surface area (Å²) < 4.78 is 5.37. The van der Waals surface area contributed by atoms with E-state index in [9.17, 15) is 4.79 Å². The van der Waals surface area contributed by atoms with Crippen LogP contribution in [0.4, 0.5) is 11.4 Å². The van der Waals surface area contributed by atoms with Crippen LogP contribution < -0.4 is 11.1 Å². The maximum atomic E-state index is 12.1. The molecule has 0 radical (unpaired) electrons. The molecule has 1 fully saturated rings. The van der Waals surface area contributed by atoms with E-state index in [1.54, 1.807) is 7.11 Å². The molecule has 20 heavy (non-hydrogen) atoms. The van der Waals surface area contributed by atoms with Crippen molar-refractivity contribution >= 4 is 17.3 Å². The minimum atomic E-state index is -0.00421. The second kappa shape index (κ2) is 6.72. The molecule has 0 aliphatic carbocycles. The van der Waals surface area contributed by atoms with Crippen LogP contribution in [0.3, 0.4) is 0 Å². The number of ether oxygens (including phenoxy) is 1. The van der Waals surface area contributed by atoms with Crippen LogP contribution in [-0.2, 0) is 9.53 Å². The Hall–Kier alpha value is -1.59. The summed E-state index contributed by atoms with van der Waals surface area (Å²) in [7, 11) is 1.73. The second-order valence-electron chi connectivity index (χ2n) is 5.30. The smallest absolute Gasteiger partial charge is 0.238 e. The van der Waals surface area contributed by atoms with Crippen molar-refractivity contribution in [2.24, 2.45) is 0 Å². The van der Waals surface area contributed by atoms with Gasteiger partial charge in [-0.2, -0.15) is 0 Å². The average molecular weight is 277 g/mol. The number of nitrogens with one attached hydrogen (secondary N) is 1. The molecule has 2 rings (SSSR count). The summed E-state index contributed by atoms with van der Waals surface area (Å²) in [5, 5.41) is 2.93. The fourth-order valence-corrected chi connectivity index (χ4v) is 2.53. The minimum Gasteiger partial charge on any atom is -0.398 e. The first-order chi connectivity index (χ1) is 9.60. The van der Waals surface area contributed by atoms with Crippen LogP contribution in [0.1, 0.15) is 18.4 Å². The number of rotatable bonds is 4. The van der Waals surface area contributed by atoms with Crippen molar-refractivity contribution in [3.63, 3.8) is 0 Å². The molecule has 1 atom stereocenters. The normalized spacial score (nSPS) is 19.8. The predicted octanol–water partition coefficient (Wildman–Crippen LogP) is 1.63. The Bertz CT molecular complexity index is 476. The summed E-state index contributed by atoms with van der Waals surface area (Å²) in [5.74, 6) is -0.00421. The number of nitrogens with zero attached hydrogens (tertiary/aromatic N) is 1. The van der Waals surface area contributed by atoms with Crippen molar-refractivity contribution in [2.75, 3.05) is 37.8 Å². The van der Waals surface area contributed by atoms with Gasteiger partial charge in [0.1, 0.15) is 0 Å². The number of carbonyl (C=O) groups is 1. The van der Waals surface area contributed by atoms with E-state index in [1.807, 2.05) is 25.1 Å². The molecular formula is C15H23N3O2. The van der Waals surface area contributed by atoms with Crippen LogP contribution in [0.15, 0.2) is 18.2 Å². The molecule has 5 heteroatoms. The number of hydrogen-bond acceptors (Lipinski definition) is 4. The van der Waals surface area contributed by atoms with Gasteiger partial charge in [-0.25, -0.2) is 0 Å². The molecule has 3 N–H and O–H groups in total. The summed E-state index contributed by atoms with van der Waals surface area (Å²) in [6.45, 7) is 4.07. The molecule has 0 saturated carbocycles. The monoisotopic (exact) mass is 277 g/mol. The predicted molar refractivity (Wildman–Crippen MR) is 80.7 cm³/mol. The molecule has 1 unspecified atom stereocenters. The van der Waals surface area contributed by atoms with Gasteiger partial charge >= 0.3 is 0 Å². The zero-order valence-corrected chi connectivity index (χ0v) is 12.2. The fourth-order valence-electron chi connectivity index (χ4n) is 2.53. The average Bonchev–Trinajstić information content (AvgIpc) is 2.44. The molecule has 1 heterocycles. The molecule has 0 spiro atoms. The van der Waals surface area contributed by atoms with Crippen molar-refractivity contribution in [1.29, 1.82) is 0 Å². The number of nitrogens with two attached hydrogens (primary N) is 1. The van der Waals surface area contributed by atoms with E-state index in [0.29, 0.717) is 12.2 Å². The highest BCUT2D eigenvalue weighted by molar-refractivity contribution is 5.93. The Morgan fingerprint density at radius 2 is 2.35 bits per heavy atom. The fraction of sp³-hybridized carbons (Fsp3) is 0.533. The largest absolute Gasteiger partial charge is 0.398 e. The number of hydrogen-bond donors (Lipinski definition) is 2. The van der Waals surface area contributed by atoms with Crippen LogP contribution in [-0.4, -0.2) is 43.7 Å². The van der Waals surface area contributed by atoms with E-state index in [1.165, 1.54) is 0 Å². The number of methoxy groups -OCH3 is 1. The van der Waals surface area contributed by atoms with E-state index in [-0.39, 0.29) is 12.0 Å². The summed E-state index contributed by atoms with van der Waals surface area (Å²) in [6.07, 6.45) is 2.39. The van der Waals surface area contributed by atoms with Crippen LogP contribution in [0.2, 0.25) is 0 Å². The van der Waals surface area contributed by atoms with Crippen molar-refractivity contribution < 1.29 is 9.53 Å². The van der Waals surface area contributed by atoms with Gasteiger partial charge in [-0.15, -0.1) is 0 Å². The zero-order chi connectivity index (χ0) is 14.5. The number of piperidine rings is 1. The topological polar surface area (TPSA) is 67.6 Å². The number of anilines is 2. The number of amides is 1. The van der Waals surface area contributed by atoms with Crippen molar-refractivity contribution in [3.8, 4) is 0 Å². The SMILES string of the molecule is COC1CCCN(CC(=O)Nc2cccc(N)c2C)C1. The lowest BCUT2D eigenvalue weighted by molar-refractivity contribution is -0.118. The van der Waals surface area contributed by atoms with E-state index >= 15 is 0 Å². The van der Waals surface area contributed by atoms with E-state index in [4.69, 9.17) is 10.5 Å². The third-order valence-corrected chi connectivity index (χ3v) is 3.81. The highest BCUT2D eigenvalue weighted by Crippen LogP contribution is 2.20. The van der Waals surface area contributed by atoms with Crippen molar-refractivity contribution in [2.45, 2.75) is 25.9 Å². The number of likely N-dealkylation sites (tertiary alicyclic amines) is 1. The molecule has 0 bridgehead atoms. The van der Waals surface area contributed by atoms with E-state index in [0.717, 1.165) is 37.2 Å². The van der Waals surface area contributed by atoms with Crippen LogP contribution in [0.5, 0.6) is 0 Å². The lowest BCUT2D eigenvalue weighted by atomic mass is 10.1. The molecule has 1 saturated heterocycles. The van der Waals surface area contributed by atoms with Gasteiger partial charge in [-0.1, -0.05) is 6.07 Å². The standard InChI is InChI=1S/C15H23N3O2/c1-11-13(16)6-3-7-14(11)17-15(19)10-18-8-4-5-12(9-18)20-2/h3,6-7,12H,4-5,8-10,16H2,1-2H3,(H,17,19). The molecule has 0 aromatic heterocycles. The van der Waals surface area contributed by atoms with Crippen LogP contribution in [0.25, 0.3) is 0 Å². The Labute approximate surface area is 120 Å². The van der Waals surface area contributed by atoms with Gasteiger partial charge in [0.15, 0.2) is 0 Å². The third kappa shape index (κ3) is 3.71. The van der Waals surface area contributed by atoms with Gasteiger partial charge in [-0.05, 0) is 44.0 Å². The molecule has 1 aromatic carbocycles. The molecule has 1 amide bonds. The van der Waals surface area contributed by atoms with Gasteiger partial charge in [0, 0.05) is 25.0 Å². The van der Waals surface area contributed by atoms with Crippen LogP contribution >= 0.6 is 0 Å². The Morgan fingerprint density at radius 1 is 1.55 bits per heavy atom. The van der Waals surface area contributed by atoms with Crippen LogP contribution in [0, 0.1) is 6.92 Å². The first-order valence-corrected chi connectivity index (χ1v) is 7.00. The third-order valence-electron chi connectivity index (χ3n) is 3.81. The number of benzene rings is 1. The van der Waals surface area contributed by atoms with E-state index < -0.39 is 0 Å². The Balaban J connectivity index is 1.90. The van der Waals surface area contributed by atoms with Gasteiger partial charge in [0.25, 0.3) is 0 Å². The van der Waals surface area contributed by atoms with Gasteiger partial charge in [0.05, 0.1) is 12.6 Å². The summed E-state index contributed by atoms with van der Waals surface area (Å²) in [6, 6.07) is 5.55. The Kier molecular flexibility index (Phi) is 4.98. The summed E-state index contributed by atoms with van der Waals surface area (Å²) >= 11 is 0. The minimum absolute atomic E-state index is 0.00421. The lowest BCUT2D eigenvalue weighted by Gasteiger charge is -2.31. The number of nitrogen functional groups attached to an aromatic ring is 1. The second-order valence-corrected chi connectivity index (χ2v) is 5.30. The highest BCUT2D eigenvalue weighted by atomic mass is 16.5. The lowest BCUT2D eigenvalue weighted by Crippen LogP contribution is -2.43. The first kappa shape index (κ1) is 14.8. The van der Waals surface area contributed by atoms with Crippen molar-refractivity contribution in [1.82, 2.24) is 4.90 Å². The Morgan fingerprint density at radius 3 is 3.10 bits per heavy atom. The molecule has 5 nitrogen and oxygen atoms in total. The summed E-state index contributed by atoms with van der Waals surface area (Å²) in [5.41, 5.74) is 8.23. The molecule has 110 valence electrons. The molecule has 1 aliphatic heterocycles.